The molecule has 5 nitrogen and oxygen atoms in total. The number of carbonyl (C=O) groups excluding carboxylic acids is 1. The van der Waals surface area contributed by atoms with Crippen LogP contribution < -0.4 is 4.90 Å². The summed E-state index contributed by atoms with van der Waals surface area (Å²) in [6.07, 6.45) is 0.674. The van der Waals surface area contributed by atoms with E-state index in [4.69, 9.17) is 16.9 Å². The lowest BCUT2D eigenvalue weighted by Crippen LogP contribution is -2.46. The lowest BCUT2D eigenvalue weighted by molar-refractivity contribution is -0.146. The number of hydrogen-bond acceptors (Lipinski definition) is 4. The Bertz CT molecular complexity index is 952. The fraction of sp³-hybridized carbons (Fsp3) is 0.364. The first kappa shape index (κ1) is 21.1. The normalized spacial score (nSPS) is 16.6. The molecule has 1 atom stereocenters. The Labute approximate surface area is 174 Å². The molecular weight excluding hydrogens is 393 g/mol. The summed E-state index contributed by atoms with van der Waals surface area (Å²) < 4.78 is 14.3. The number of likely N-dealkylation sites (tertiary alicyclic amines) is 1. The molecule has 3 rings (SSSR count). The van der Waals surface area contributed by atoms with E-state index in [0.717, 1.165) is 5.69 Å². The van der Waals surface area contributed by atoms with Gasteiger partial charge < -0.3 is 14.9 Å². The maximum atomic E-state index is 14.3. The van der Waals surface area contributed by atoms with Gasteiger partial charge in [0.25, 0.3) is 5.91 Å². The molecule has 1 N–H and O–H groups in total. The van der Waals surface area contributed by atoms with Gasteiger partial charge in [-0.15, -0.1) is 0 Å². The molecule has 152 valence electrons. The molecule has 29 heavy (non-hydrogen) atoms. The third kappa shape index (κ3) is 4.69. The molecule has 1 saturated heterocycles. The molecule has 1 amide bonds. The number of nitriles is 1. The first-order chi connectivity index (χ1) is 13.7. The second-order valence-corrected chi connectivity index (χ2v) is 8.16. The summed E-state index contributed by atoms with van der Waals surface area (Å²) in [5.41, 5.74) is 0.204. The Morgan fingerprint density at radius 3 is 2.72 bits per heavy atom. The van der Waals surface area contributed by atoms with Gasteiger partial charge >= 0.3 is 0 Å². The average Bonchev–Trinajstić information content (AvgIpc) is 3.15. The van der Waals surface area contributed by atoms with E-state index >= 15 is 0 Å². The molecule has 0 aromatic heterocycles. The Morgan fingerprint density at radius 1 is 1.38 bits per heavy atom. The van der Waals surface area contributed by atoms with E-state index in [-0.39, 0.29) is 17.8 Å². The zero-order valence-electron chi connectivity index (χ0n) is 16.4. The van der Waals surface area contributed by atoms with E-state index in [2.05, 4.69) is 0 Å². The largest absolute Gasteiger partial charge is 0.381 e. The number of nitrogens with zero attached hydrogens (tertiary/aromatic N) is 3. The SMILES string of the molecule is CC(C)(O)C(=O)N1CCC(N(Cc2ccccc2F)c2ccc(C#N)c(Cl)c2)C1. The molecule has 7 heteroatoms. The summed E-state index contributed by atoms with van der Waals surface area (Å²) in [5, 5.41) is 19.5. The Morgan fingerprint density at radius 2 is 2.10 bits per heavy atom. The highest BCUT2D eigenvalue weighted by molar-refractivity contribution is 6.32. The number of amides is 1. The van der Waals surface area contributed by atoms with Crippen molar-refractivity contribution in [3.05, 3.63) is 64.4 Å². The average molecular weight is 416 g/mol. The number of hydrogen-bond donors (Lipinski definition) is 1. The number of anilines is 1. The van der Waals surface area contributed by atoms with E-state index in [9.17, 15) is 14.3 Å². The van der Waals surface area contributed by atoms with Gasteiger partial charge in [0.1, 0.15) is 17.5 Å². The molecule has 0 aliphatic carbocycles. The van der Waals surface area contributed by atoms with Gasteiger partial charge in [-0.05, 0) is 44.5 Å². The van der Waals surface area contributed by atoms with Crippen molar-refractivity contribution in [1.29, 1.82) is 5.26 Å². The van der Waals surface area contributed by atoms with E-state index < -0.39 is 5.60 Å². The van der Waals surface area contributed by atoms with E-state index in [1.165, 1.54) is 19.9 Å². The Kier molecular flexibility index (Phi) is 6.11. The quantitative estimate of drug-likeness (QED) is 0.808. The van der Waals surface area contributed by atoms with Crippen LogP contribution in [0.15, 0.2) is 42.5 Å². The van der Waals surface area contributed by atoms with Crippen LogP contribution in [0.5, 0.6) is 0 Å². The highest BCUT2D eigenvalue weighted by Gasteiger charge is 2.36. The number of aliphatic hydroxyl groups is 1. The van der Waals surface area contributed by atoms with Crippen LogP contribution in [0, 0.1) is 17.1 Å². The van der Waals surface area contributed by atoms with Crippen LogP contribution in [0.2, 0.25) is 5.02 Å². The summed E-state index contributed by atoms with van der Waals surface area (Å²) >= 11 is 6.23. The molecule has 0 saturated carbocycles. The molecule has 2 aromatic carbocycles. The monoisotopic (exact) mass is 415 g/mol. The molecule has 0 radical (unpaired) electrons. The molecular formula is C22H23ClFN3O2. The van der Waals surface area contributed by atoms with Crippen molar-refractivity contribution in [3.8, 4) is 6.07 Å². The predicted molar refractivity (Wildman–Crippen MR) is 110 cm³/mol. The van der Waals surface area contributed by atoms with Gasteiger partial charge in [-0.2, -0.15) is 5.26 Å². The van der Waals surface area contributed by atoms with Crippen LogP contribution >= 0.6 is 11.6 Å². The van der Waals surface area contributed by atoms with Gasteiger partial charge in [-0.1, -0.05) is 29.8 Å². The highest BCUT2D eigenvalue weighted by atomic mass is 35.5. The van der Waals surface area contributed by atoms with Gasteiger partial charge in [0.15, 0.2) is 0 Å². The zero-order valence-corrected chi connectivity index (χ0v) is 17.2. The van der Waals surface area contributed by atoms with Crippen molar-refractivity contribution in [2.75, 3.05) is 18.0 Å². The minimum absolute atomic E-state index is 0.0788. The number of halogens is 2. The molecule has 1 unspecified atom stereocenters. The summed E-state index contributed by atoms with van der Waals surface area (Å²) in [4.78, 5) is 16.1. The van der Waals surface area contributed by atoms with Crippen molar-refractivity contribution < 1.29 is 14.3 Å². The van der Waals surface area contributed by atoms with Crippen LogP contribution in [-0.2, 0) is 11.3 Å². The van der Waals surface area contributed by atoms with Crippen molar-refractivity contribution in [2.45, 2.75) is 38.5 Å². The van der Waals surface area contributed by atoms with Crippen LogP contribution in [-0.4, -0.2) is 40.6 Å². The van der Waals surface area contributed by atoms with Crippen molar-refractivity contribution in [1.82, 2.24) is 4.90 Å². The van der Waals surface area contributed by atoms with Gasteiger partial charge in [0.2, 0.25) is 0 Å². The molecule has 1 heterocycles. The molecule has 0 bridgehead atoms. The topological polar surface area (TPSA) is 67.6 Å². The third-order valence-corrected chi connectivity index (χ3v) is 5.43. The standard InChI is InChI=1S/C22H23ClFN3O2/c1-22(2,29)21(28)26-10-9-18(14-26)27(13-16-5-3-4-6-20(16)24)17-8-7-15(12-25)19(23)11-17/h3-8,11,18,29H,9-10,13-14H2,1-2H3. The van der Waals surface area contributed by atoms with Gasteiger partial charge in [-0.25, -0.2) is 4.39 Å². The van der Waals surface area contributed by atoms with E-state index in [1.54, 1.807) is 41.3 Å². The molecule has 1 fully saturated rings. The maximum absolute atomic E-state index is 14.3. The predicted octanol–water partition coefficient (Wildman–Crippen LogP) is 3.73. The second-order valence-electron chi connectivity index (χ2n) is 7.75. The fourth-order valence-corrected chi connectivity index (χ4v) is 3.80. The van der Waals surface area contributed by atoms with Crippen molar-refractivity contribution >= 4 is 23.2 Å². The van der Waals surface area contributed by atoms with Gasteiger partial charge in [0.05, 0.1) is 10.6 Å². The maximum Gasteiger partial charge on any atom is 0.254 e. The minimum atomic E-state index is -1.44. The van der Waals surface area contributed by atoms with Crippen molar-refractivity contribution in [3.63, 3.8) is 0 Å². The lowest BCUT2D eigenvalue weighted by atomic mass is 10.1. The van der Waals surface area contributed by atoms with Gasteiger partial charge in [-0.3, -0.25) is 4.79 Å². The summed E-state index contributed by atoms with van der Waals surface area (Å²) in [6.45, 7) is 4.16. The van der Waals surface area contributed by atoms with Crippen LogP contribution in [0.3, 0.4) is 0 Å². The summed E-state index contributed by atoms with van der Waals surface area (Å²) in [6, 6.07) is 13.6. The molecule has 0 spiro atoms. The van der Waals surface area contributed by atoms with E-state index in [0.29, 0.717) is 42.2 Å². The first-order valence-electron chi connectivity index (χ1n) is 9.42. The zero-order chi connectivity index (χ0) is 21.2. The van der Waals surface area contributed by atoms with Crippen LogP contribution in [0.25, 0.3) is 0 Å². The number of rotatable bonds is 5. The number of benzene rings is 2. The molecule has 2 aromatic rings. The minimum Gasteiger partial charge on any atom is -0.381 e. The fourth-order valence-electron chi connectivity index (χ4n) is 3.58. The smallest absolute Gasteiger partial charge is 0.254 e. The summed E-state index contributed by atoms with van der Waals surface area (Å²) in [7, 11) is 0. The third-order valence-electron chi connectivity index (χ3n) is 5.12. The second kappa shape index (κ2) is 8.40. The van der Waals surface area contributed by atoms with Crippen LogP contribution in [0.1, 0.15) is 31.4 Å². The van der Waals surface area contributed by atoms with Crippen molar-refractivity contribution in [2.24, 2.45) is 0 Å². The lowest BCUT2D eigenvalue weighted by Gasteiger charge is -2.32. The molecule has 1 aliphatic rings. The Hall–Kier alpha value is -2.62. The number of carbonyl (C=O) groups is 1. The highest BCUT2D eigenvalue weighted by Crippen LogP contribution is 2.30. The van der Waals surface area contributed by atoms with Crippen LogP contribution in [0.4, 0.5) is 10.1 Å². The van der Waals surface area contributed by atoms with Gasteiger partial charge in [0, 0.05) is 36.9 Å². The van der Waals surface area contributed by atoms with E-state index in [1.807, 2.05) is 11.0 Å². The molecule has 1 aliphatic heterocycles. The Balaban J connectivity index is 1.92. The summed E-state index contributed by atoms with van der Waals surface area (Å²) in [5.74, 6) is -0.636. The first-order valence-corrected chi connectivity index (χ1v) is 9.80.